The van der Waals surface area contributed by atoms with Crippen molar-refractivity contribution < 1.29 is 13.9 Å². The number of carbonyl (C=O) groups is 1. The van der Waals surface area contributed by atoms with Gasteiger partial charge in [-0.05, 0) is 49.6 Å². The third kappa shape index (κ3) is 5.09. The number of anilines is 1. The predicted molar refractivity (Wildman–Crippen MR) is 121 cm³/mol. The third-order valence-electron chi connectivity index (χ3n) is 5.25. The third-order valence-corrected chi connectivity index (χ3v) is 5.25. The molecule has 0 saturated carbocycles. The van der Waals surface area contributed by atoms with E-state index in [1.165, 1.54) is 0 Å². The summed E-state index contributed by atoms with van der Waals surface area (Å²) in [5.41, 5.74) is 3.45. The Kier molecular flexibility index (Phi) is 7.28. The summed E-state index contributed by atoms with van der Waals surface area (Å²) in [6, 6.07) is 15.3. The highest BCUT2D eigenvalue weighted by molar-refractivity contribution is 5.84. The molecule has 158 valence electrons. The minimum atomic E-state index is -0.363. The molecule has 0 radical (unpaired) electrons. The topological polar surface area (TPSA) is 59.8 Å². The van der Waals surface area contributed by atoms with Gasteiger partial charge in [-0.2, -0.15) is 0 Å². The zero-order valence-corrected chi connectivity index (χ0v) is 17.9. The van der Waals surface area contributed by atoms with Crippen LogP contribution >= 0.6 is 0 Å². The first-order valence-corrected chi connectivity index (χ1v) is 10.6. The summed E-state index contributed by atoms with van der Waals surface area (Å²) in [5, 5.41) is 0.884. The molecule has 0 N–H and O–H groups in total. The number of benzene rings is 2. The minimum Gasteiger partial charge on any atom is -0.461 e. The van der Waals surface area contributed by atoms with Crippen LogP contribution in [-0.2, 0) is 16.1 Å². The molecule has 0 fully saturated rings. The van der Waals surface area contributed by atoms with E-state index in [9.17, 15) is 9.59 Å². The van der Waals surface area contributed by atoms with Gasteiger partial charge in [0.1, 0.15) is 12.2 Å². The van der Waals surface area contributed by atoms with Gasteiger partial charge in [-0.1, -0.05) is 37.6 Å². The average Bonchev–Trinajstić information content (AvgIpc) is 2.77. The van der Waals surface area contributed by atoms with Crippen molar-refractivity contribution in [2.75, 3.05) is 18.0 Å². The number of rotatable bonds is 9. The van der Waals surface area contributed by atoms with Gasteiger partial charge >= 0.3 is 11.6 Å². The Morgan fingerprint density at radius 3 is 2.40 bits per heavy atom. The maximum Gasteiger partial charge on any atom is 0.344 e. The van der Waals surface area contributed by atoms with Crippen LogP contribution in [0.1, 0.15) is 45.6 Å². The van der Waals surface area contributed by atoms with Gasteiger partial charge in [0.25, 0.3) is 0 Å². The van der Waals surface area contributed by atoms with Crippen LogP contribution < -0.4 is 10.5 Å². The normalized spacial score (nSPS) is 10.9. The van der Waals surface area contributed by atoms with Crippen molar-refractivity contribution in [3.63, 3.8) is 0 Å². The van der Waals surface area contributed by atoms with Crippen molar-refractivity contribution in [3.8, 4) is 11.1 Å². The van der Waals surface area contributed by atoms with Gasteiger partial charge in [-0.3, -0.25) is 4.79 Å². The largest absolute Gasteiger partial charge is 0.461 e. The Morgan fingerprint density at radius 2 is 1.73 bits per heavy atom. The molecule has 3 aromatic rings. The predicted octanol–water partition coefficient (Wildman–Crippen LogP) is 5.54. The summed E-state index contributed by atoms with van der Waals surface area (Å²) >= 11 is 0. The Balaban J connectivity index is 1.79. The number of unbranched alkanes of at least 4 members (excludes halogenated alkanes) is 1. The van der Waals surface area contributed by atoms with Crippen molar-refractivity contribution >= 4 is 22.6 Å². The summed E-state index contributed by atoms with van der Waals surface area (Å²) in [7, 11) is 0. The van der Waals surface area contributed by atoms with Crippen LogP contribution in [0.5, 0.6) is 0 Å². The Labute approximate surface area is 177 Å². The zero-order valence-electron chi connectivity index (χ0n) is 17.9. The van der Waals surface area contributed by atoms with Gasteiger partial charge in [0.15, 0.2) is 0 Å². The molecule has 0 spiro atoms. The lowest BCUT2D eigenvalue weighted by Crippen LogP contribution is -2.21. The molecule has 0 amide bonds. The first-order valence-electron chi connectivity index (χ1n) is 10.6. The van der Waals surface area contributed by atoms with Crippen LogP contribution in [0.2, 0.25) is 0 Å². The quantitative estimate of drug-likeness (QED) is 0.344. The van der Waals surface area contributed by atoms with Crippen molar-refractivity contribution in [1.82, 2.24) is 0 Å². The van der Waals surface area contributed by atoms with Gasteiger partial charge in [-0.15, -0.1) is 0 Å². The summed E-state index contributed by atoms with van der Waals surface area (Å²) in [6.45, 7) is 8.27. The van der Waals surface area contributed by atoms with E-state index in [4.69, 9.17) is 9.15 Å². The van der Waals surface area contributed by atoms with E-state index in [-0.39, 0.29) is 18.2 Å². The SMILES string of the molecule is CCCCC(=O)OCc1ccc(-c2cc3ccc(N(CC)CC)cc3oc2=O)cc1. The van der Waals surface area contributed by atoms with Gasteiger partial charge in [0.05, 0.1) is 5.56 Å². The van der Waals surface area contributed by atoms with Crippen molar-refractivity contribution in [2.45, 2.75) is 46.6 Å². The maximum atomic E-state index is 12.6. The van der Waals surface area contributed by atoms with Gasteiger partial charge in [-0.25, -0.2) is 4.79 Å². The fraction of sp³-hybridized carbons (Fsp3) is 0.360. The second-order valence-electron chi connectivity index (χ2n) is 7.30. The van der Waals surface area contributed by atoms with E-state index in [1.807, 2.05) is 49.4 Å². The molecule has 0 aliphatic carbocycles. The van der Waals surface area contributed by atoms with Crippen LogP contribution in [0.3, 0.4) is 0 Å². The van der Waals surface area contributed by atoms with Crippen LogP contribution in [0.15, 0.2) is 57.7 Å². The number of esters is 1. The van der Waals surface area contributed by atoms with E-state index >= 15 is 0 Å². The Morgan fingerprint density at radius 1 is 1.00 bits per heavy atom. The number of ether oxygens (including phenoxy) is 1. The molecule has 30 heavy (non-hydrogen) atoms. The lowest BCUT2D eigenvalue weighted by molar-refractivity contribution is -0.145. The molecule has 1 heterocycles. The molecule has 0 saturated heterocycles. The molecule has 0 bridgehead atoms. The average molecular weight is 408 g/mol. The highest BCUT2D eigenvalue weighted by Crippen LogP contribution is 2.25. The molecular weight excluding hydrogens is 378 g/mol. The molecule has 3 rings (SSSR count). The highest BCUT2D eigenvalue weighted by atomic mass is 16.5. The van der Waals surface area contributed by atoms with Crippen molar-refractivity contribution in [3.05, 3.63) is 64.5 Å². The lowest BCUT2D eigenvalue weighted by atomic mass is 10.0. The van der Waals surface area contributed by atoms with Crippen LogP contribution in [-0.4, -0.2) is 19.1 Å². The zero-order chi connectivity index (χ0) is 21.5. The first-order chi connectivity index (χ1) is 14.5. The standard InChI is InChI=1S/C25H29NO4/c1-4-7-8-24(27)29-17-18-9-11-19(12-10-18)22-15-20-13-14-21(26(5-2)6-3)16-23(20)30-25(22)28/h9-16H,4-8,17H2,1-3H3. The van der Waals surface area contributed by atoms with Crippen molar-refractivity contribution in [2.24, 2.45) is 0 Å². The highest BCUT2D eigenvalue weighted by Gasteiger charge is 2.11. The maximum absolute atomic E-state index is 12.6. The molecule has 1 aromatic heterocycles. The smallest absolute Gasteiger partial charge is 0.344 e. The number of hydrogen-bond acceptors (Lipinski definition) is 5. The number of fused-ring (bicyclic) bond motifs is 1. The van der Waals surface area contributed by atoms with E-state index in [0.29, 0.717) is 17.6 Å². The molecule has 2 aromatic carbocycles. The molecule has 0 unspecified atom stereocenters. The summed E-state index contributed by atoms with van der Waals surface area (Å²) in [4.78, 5) is 26.5. The number of nitrogens with zero attached hydrogens (tertiary/aromatic N) is 1. The summed E-state index contributed by atoms with van der Waals surface area (Å²) in [6.07, 6.45) is 2.25. The molecule has 0 aliphatic heterocycles. The first kappa shape index (κ1) is 21.6. The lowest BCUT2D eigenvalue weighted by Gasteiger charge is -2.21. The minimum absolute atomic E-state index is 0.180. The van der Waals surface area contributed by atoms with E-state index in [0.717, 1.165) is 48.1 Å². The summed E-state index contributed by atoms with van der Waals surface area (Å²) < 4.78 is 10.9. The van der Waals surface area contributed by atoms with Gasteiger partial charge < -0.3 is 14.1 Å². The van der Waals surface area contributed by atoms with E-state index in [1.54, 1.807) is 0 Å². The Hall–Kier alpha value is -3.08. The van der Waals surface area contributed by atoms with Crippen LogP contribution in [0, 0.1) is 0 Å². The second-order valence-corrected chi connectivity index (χ2v) is 7.30. The fourth-order valence-electron chi connectivity index (χ4n) is 3.42. The van der Waals surface area contributed by atoms with Crippen LogP contribution in [0.25, 0.3) is 22.1 Å². The number of carbonyl (C=O) groups excluding carboxylic acids is 1. The van der Waals surface area contributed by atoms with E-state index < -0.39 is 0 Å². The number of hydrogen-bond donors (Lipinski definition) is 0. The van der Waals surface area contributed by atoms with E-state index in [2.05, 4.69) is 24.8 Å². The fourth-order valence-corrected chi connectivity index (χ4v) is 3.42. The van der Waals surface area contributed by atoms with Crippen molar-refractivity contribution in [1.29, 1.82) is 0 Å². The molecule has 5 nitrogen and oxygen atoms in total. The second kappa shape index (κ2) is 10.1. The monoisotopic (exact) mass is 407 g/mol. The Bertz CT molecular complexity index is 1050. The van der Waals surface area contributed by atoms with Crippen LogP contribution in [0.4, 0.5) is 5.69 Å². The molecule has 0 atom stereocenters. The van der Waals surface area contributed by atoms with Gasteiger partial charge in [0.2, 0.25) is 0 Å². The molecule has 5 heteroatoms. The molecule has 0 aliphatic rings. The van der Waals surface area contributed by atoms with Gasteiger partial charge in [0, 0.05) is 36.7 Å². The molecular formula is C25H29NO4. The summed E-state index contributed by atoms with van der Waals surface area (Å²) in [5.74, 6) is -0.180.